The number of anilines is 2. The summed E-state index contributed by atoms with van der Waals surface area (Å²) in [4.78, 5) is 40.9. The number of urea groups is 2. The predicted octanol–water partition coefficient (Wildman–Crippen LogP) is 10.7. The third kappa shape index (κ3) is 14.4. The molecule has 4 amide bonds. The van der Waals surface area contributed by atoms with Gasteiger partial charge < -0.3 is 39.4 Å². The van der Waals surface area contributed by atoms with E-state index in [1.54, 1.807) is 77.3 Å². The average Bonchev–Trinajstić information content (AvgIpc) is 4.05. The van der Waals surface area contributed by atoms with E-state index in [2.05, 4.69) is 36.3 Å². The van der Waals surface area contributed by atoms with E-state index in [9.17, 15) is 22.8 Å². The molecular formula is C47H52F3N7O6S2. The number of ether oxygens (including phenoxy) is 4. The van der Waals surface area contributed by atoms with Crippen LogP contribution in [0.3, 0.4) is 0 Å². The lowest BCUT2D eigenvalue weighted by Crippen LogP contribution is -2.49. The van der Waals surface area contributed by atoms with Crippen molar-refractivity contribution >= 4 is 46.1 Å². The summed E-state index contributed by atoms with van der Waals surface area (Å²) in [5, 5.41) is 11.5. The Labute approximate surface area is 384 Å². The molecule has 1 fully saturated rings. The first-order valence-corrected chi connectivity index (χ1v) is 22.5. The highest BCUT2D eigenvalue weighted by atomic mass is 32.1. The molecule has 1 aliphatic heterocycles. The number of morpholine rings is 1. The summed E-state index contributed by atoms with van der Waals surface area (Å²) in [5.74, 6) is 0.874. The van der Waals surface area contributed by atoms with Gasteiger partial charge in [0.2, 0.25) is 0 Å². The first-order valence-electron chi connectivity index (χ1n) is 20.8. The molecule has 0 radical (unpaired) electrons. The number of halogens is 3. The molecule has 0 aliphatic carbocycles. The molecule has 0 saturated carbocycles. The zero-order valence-electron chi connectivity index (χ0n) is 36.7. The molecule has 2 aromatic heterocycles. The van der Waals surface area contributed by atoms with Gasteiger partial charge in [0.1, 0.15) is 27.3 Å². The zero-order valence-corrected chi connectivity index (χ0v) is 38.3. The van der Waals surface area contributed by atoms with E-state index in [1.807, 2.05) is 74.0 Å². The molecule has 2 N–H and O–H groups in total. The summed E-state index contributed by atoms with van der Waals surface area (Å²) in [5.41, 5.74) is 4.95. The average molecular weight is 932 g/mol. The SMILES string of the molecule is CC(CN1CCOCC1)N(Cc1cccc(-c2nccs2)c1)C(=O)Nc1ccc(OC(F)(F)F)cc1.COc1ccc(OC)c(NC(=O)N(Cc2cccc(-c3nccs3)c2)C(C)C)c1. The summed E-state index contributed by atoms with van der Waals surface area (Å²) < 4.78 is 57.3. The Balaban J connectivity index is 0.000000221. The standard InChI is InChI=1S/C25H27F3N4O3S.C22H25N3O3S/c1-18(16-31-10-12-34-13-11-31)32(17-19-3-2-4-20(15-19)23-29-9-14-36-23)24(33)30-21-5-7-22(8-6-21)35-25(26,27)28;1-15(2)25(14-16-6-5-7-17(12-16)21-23-10-11-29-21)22(26)24-19-13-18(27-3)8-9-20(19)28-4/h2-9,14-15,18H,10-13,16-17H2,1H3,(H,30,33);5-13,15H,14H2,1-4H3,(H,24,26). The molecule has 0 bridgehead atoms. The monoisotopic (exact) mass is 931 g/mol. The number of carbonyl (C=O) groups excluding carboxylic acids is 2. The molecule has 1 saturated heterocycles. The molecular weight excluding hydrogens is 880 g/mol. The van der Waals surface area contributed by atoms with Gasteiger partial charge in [-0.15, -0.1) is 35.8 Å². The Morgan fingerprint density at radius 1 is 0.754 bits per heavy atom. The van der Waals surface area contributed by atoms with Crippen molar-refractivity contribution in [1.29, 1.82) is 0 Å². The second-order valence-corrected chi connectivity index (χ2v) is 17.0. The highest BCUT2D eigenvalue weighted by Gasteiger charge is 2.31. The number of rotatable bonds is 15. The molecule has 0 spiro atoms. The predicted molar refractivity (Wildman–Crippen MR) is 249 cm³/mol. The van der Waals surface area contributed by atoms with E-state index in [0.717, 1.165) is 45.4 Å². The summed E-state index contributed by atoms with van der Waals surface area (Å²) >= 11 is 3.14. The van der Waals surface area contributed by atoms with Crippen LogP contribution in [0.4, 0.5) is 34.1 Å². The Morgan fingerprint density at radius 3 is 1.85 bits per heavy atom. The van der Waals surface area contributed by atoms with E-state index < -0.39 is 6.36 Å². The lowest BCUT2D eigenvalue weighted by molar-refractivity contribution is -0.274. The van der Waals surface area contributed by atoms with Gasteiger partial charge >= 0.3 is 18.4 Å². The highest BCUT2D eigenvalue weighted by Crippen LogP contribution is 2.31. The number of thiazole rings is 2. The molecule has 18 heteroatoms. The second-order valence-electron chi connectivity index (χ2n) is 15.2. The van der Waals surface area contributed by atoms with Crippen LogP contribution in [0.5, 0.6) is 17.2 Å². The molecule has 7 rings (SSSR count). The quantitative estimate of drug-likeness (QED) is 0.103. The van der Waals surface area contributed by atoms with Crippen molar-refractivity contribution in [2.24, 2.45) is 0 Å². The number of aromatic nitrogens is 2. The molecule has 344 valence electrons. The molecule has 13 nitrogen and oxygen atoms in total. The van der Waals surface area contributed by atoms with E-state index in [4.69, 9.17) is 14.2 Å². The first-order chi connectivity index (χ1) is 31.3. The Morgan fingerprint density at radius 2 is 1.32 bits per heavy atom. The van der Waals surface area contributed by atoms with Crippen LogP contribution in [0.15, 0.2) is 114 Å². The largest absolute Gasteiger partial charge is 0.573 e. The molecule has 65 heavy (non-hydrogen) atoms. The number of nitrogens with one attached hydrogen (secondary N) is 2. The number of carbonyl (C=O) groups is 2. The third-order valence-corrected chi connectivity index (χ3v) is 11.9. The lowest BCUT2D eigenvalue weighted by atomic mass is 10.1. The van der Waals surface area contributed by atoms with Crippen LogP contribution in [-0.2, 0) is 17.8 Å². The number of methoxy groups -OCH3 is 2. The van der Waals surface area contributed by atoms with Crippen molar-refractivity contribution in [3.05, 3.63) is 125 Å². The van der Waals surface area contributed by atoms with Crippen molar-refractivity contribution in [3.63, 3.8) is 0 Å². The van der Waals surface area contributed by atoms with Crippen LogP contribution in [0, 0.1) is 0 Å². The van der Waals surface area contributed by atoms with Gasteiger partial charge in [-0.2, -0.15) is 0 Å². The van der Waals surface area contributed by atoms with Crippen LogP contribution < -0.4 is 24.8 Å². The van der Waals surface area contributed by atoms with E-state index >= 15 is 0 Å². The summed E-state index contributed by atoms with van der Waals surface area (Å²) in [7, 11) is 3.16. The van der Waals surface area contributed by atoms with Crippen LogP contribution in [-0.4, -0.2) is 102 Å². The Hall–Kier alpha value is -6.21. The molecule has 6 aromatic rings. The van der Waals surface area contributed by atoms with Crippen molar-refractivity contribution in [2.45, 2.75) is 52.3 Å². The Bertz CT molecular complexity index is 2420. The fraction of sp³-hybridized carbons (Fsp3) is 0.319. The van der Waals surface area contributed by atoms with Crippen molar-refractivity contribution in [1.82, 2.24) is 24.7 Å². The number of nitrogens with zero attached hydrogens (tertiary/aromatic N) is 5. The van der Waals surface area contributed by atoms with Crippen LogP contribution in [0.25, 0.3) is 21.1 Å². The number of alkyl halides is 3. The van der Waals surface area contributed by atoms with Crippen molar-refractivity contribution < 1.29 is 41.7 Å². The third-order valence-electron chi connectivity index (χ3n) is 10.2. The van der Waals surface area contributed by atoms with Crippen LogP contribution in [0.1, 0.15) is 31.9 Å². The maximum Gasteiger partial charge on any atom is 0.573 e. The first kappa shape index (κ1) is 48.3. The molecule has 1 unspecified atom stereocenters. The van der Waals surface area contributed by atoms with Crippen LogP contribution in [0.2, 0.25) is 0 Å². The van der Waals surface area contributed by atoms with Gasteiger partial charge in [-0.25, -0.2) is 19.6 Å². The number of hydrogen-bond acceptors (Lipinski definition) is 11. The second kappa shape index (κ2) is 23.1. The fourth-order valence-corrected chi connectivity index (χ4v) is 8.21. The maximum absolute atomic E-state index is 13.4. The van der Waals surface area contributed by atoms with Crippen LogP contribution >= 0.6 is 22.7 Å². The highest BCUT2D eigenvalue weighted by molar-refractivity contribution is 7.13. The zero-order chi connectivity index (χ0) is 46.3. The van der Waals surface area contributed by atoms with E-state index in [-0.39, 0.29) is 29.9 Å². The smallest absolute Gasteiger partial charge is 0.497 e. The minimum atomic E-state index is -4.77. The molecule has 4 aromatic carbocycles. The minimum absolute atomic E-state index is 0.00937. The fourth-order valence-electron chi connectivity index (χ4n) is 6.94. The number of hydrogen-bond donors (Lipinski definition) is 2. The molecule has 1 atom stereocenters. The summed E-state index contributed by atoms with van der Waals surface area (Å²) in [6.45, 7) is 10.4. The number of amides is 4. The van der Waals surface area contributed by atoms with Gasteiger partial charge in [0.05, 0.1) is 33.1 Å². The van der Waals surface area contributed by atoms with Gasteiger partial charge in [0.15, 0.2) is 0 Å². The summed E-state index contributed by atoms with van der Waals surface area (Å²) in [6.07, 6.45) is -1.23. The van der Waals surface area contributed by atoms with Gasteiger partial charge in [0.25, 0.3) is 0 Å². The molecule has 1 aliphatic rings. The van der Waals surface area contributed by atoms with E-state index in [0.29, 0.717) is 55.7 Å². The lowest BCUT2D eigenvalue weighted by Gasteiger charge is -2.35. The minimum Gasteiger partial charge on any atom is -0.497 e. The van der Waals surface area contributed by atoms with Gasteiger partial charge in [-0.05, 0) is 80.4 Å². The van der Waals surface area contributed by atoms with Gasteiger partial charge in [-0.1, -0.05) is 36.4 Å². The normalized spacial score (nSPS) is 13.2. The van der Waals surface area contributed by atoms with Gasteiger partial charge in [-0.3, -0.25) is 4.90 Å². The van der Waals surface area contributed by atoms with Crippen molar-refractivity contribution in [2.75, 3.05) is 57.7 Å². The topological polar surface area (TPSA) is 131 Å². The number of benzene rings is 4. The Kier molecular flexibility index (Phi) is 17.2. The maximum atomic E-state index is 13.4. The molecule has 3 heterocycles. The van der Waals surface area contributed by atoms with Gasteiger partial charge in [0, 0.05) is 90.8 Å². The summed E-state index contributed by atoms with van der Waals surface area (Å²) in [6, 6.07) is 25.7. The van der Waals surface area contributed by atoms with Crippen molar-refractivity contribution in [3.8, 4) is 38.4 Å². The van der Waals surface area contributed by atoms with E-state index in [1.165, 1.54) is 24.3 Å².